The Morgan fingerprint density at radius 3 is 2.81 bits per heavy atom. The number of fused-ring (bicyclic) bond motifs is 1. The van der Waals surface area contributed by atoms with Gasteiger partial charge in [-0.25, -0.2) is 9.97 Å². The van der Waals surface area contributed by atoms with Crippen LogP contribution in [0.3, 0.4) is 0 Å². The van der Waals surface area contributed by atoms with Crippen molar-refractivity contribution in [1.29, 1.82) is 0 Å². The van der Waals surface area contributed by atoms with Crippen molar-refractivity contribution in [3.05, 3.63) is 56.5 Å². The summed E-state index contributed by atoms with van der Waals surface area (Å²) in [5, 5.41) is 0.353. The number of aryl methyl sites for hydroxylation is 1. The molecule has 0 fully saturated rings. The van der Waals surface area contributed by atoms with Crippen LogP contribution in [0.4, 0.5) is 0 Å². The normalized spacial score (nSPS) is 14.1. The predicted octanol–water partition coefficient (Wildman–Crippen LogP) is 2.17. The van der Waals surface area contributed by atoms with E-state index < -0.39 is 0 Å². The van der Waals surface area contributed by atoms with Crippen molar-refractivity contribution < 1.29 is 4.79 Å². The molecule has 2 aromatic heterocycles. The molecule has 0 saturated carbocycles. The van der Waals surface area contributed by atoms with Crippen LogP contribution in [-0.2, 0) is 13.0 Å². The average molecular weight is 304 g/mol. The second-order valence-electron chi connectivity index (χ2n) is 5.14. The van der Waals surface area contributed by atoms with Crippen molar-refractivity contribution in [1.82, 2.24) is 14.5 Å². The van der Waals surface area contributed by atoms with Crippen molar-refractivity contribution in [2.45, 2.75) is 32.7 Å². The van der Waals surface area contributed by atoms with Gasteiger partial charge < -0.3 is 4.57 Å². The van der Waals surface area contributed by atoms with Crippen LogP contribution in [0.5, 0.6) is 0 Å². The minimum absolute atomic E-state index is 0.0909. The first kappa shape index (κ1) is 13.9. The van der Waals surface area contributed by atoms with Gasteiger partial charge in [-0.15, -0.1) is 0 Å². The number of rotatable bonds is 2. The van der Waals surface area contributed by atoms with Crippen LogP contribution < -0.4 is 5.56 Å². The van der Waals surface area contributed by atoms with Gasteiger partial charge in [-0.1, -0.05) is 11.6 Å². The molecule has 3 rings (SSSR count). The minimum atomic E-state index is -0.148. The van der Waals surface area contributed by atoms with Gasteiger partial charge in [-0.2, -0.15) is 0 Å². The number of pyridine rings is 1. The van der Waals surface area contributed by atoms with Gasteiger partial charge in [0.25, 0.3) is 5.56 Å². The lowest BCUT2D eigenvalue weighted by Crippen LogP contribution is -2.29. The van der Waals surface area contributed by atoms with E-state index in [2.05, 4.69) is 9.97 Å². The lowest BCUT2D eigenvalue weighted by atomic mass is 9.94. The molecular formula is C15H14ClN3O2. The SMILES string of the molecule is Cc1cc(Cl)nc(Cn2c3c(ccc2=O)C(=O)CCC3)n1. The molecule has 5 nitrogen and oxygen atoms in total. The number of nitrogens with zero attached hydrogens (tertiary/aromatic N) is 3. The Hall–Kier alpha value is -2.01. The number of halogens is 1. The number of hydrogen-bond donors (Lipinski definition) is 0. The Morgan fingerprint density at radius 2 is 2.05 bits per heavy atom. The number of Topliss-reactive ketones (excluding diaryl/α,β-unsaturated/α-hetero) is 1. The molecule has 0 atom stereocenters. The molecule has 108 valence electrons. The quantitative estimate of drug-likeness (QED) is 0.798. The molecule has 0 N–H and O–H groups in total. The van der Waals surface area contributed by atoms with E-state index >= 15 is 0 Å². The topological polar surface area (TPSA) is 64.8 Å². The number of aromatic nitrogens is 3. The second-order valence-corrected chi connectivity index (χ2v) is 5.53. The van der Waals surface area contributed by atoms with Crippen LogP contribution in [-0.4, -0.2) is 20.3 Å². The first-order valence-corrected chi connectivity index (χ1v) is 7.18. The molecule has 1 aliphatic carbocycles. The number of hydrogen-bond acceptors (Lipinski definition) is 4. The van der Waals surface area contributed by atoms with E-state index in [0.717, 1.165) is 24.2 Å². The first-order valence-electron chi connectivity index (χ1n) is 6.80. The maximum atomic E-state index is 12.1. The van der Waals surface area contributed by atoms with Crippen LogP contribution in [0.1, 0.15) is 40.4 Å². The Balaban J connectivity index is 2.08. The highest BCUT2D eigenvalue weighted by Crippen LogP contribution is 2.20. The summed E-state index contributed by atoms with van der Waals surface area (Å²) in [7, 11) is 0. The monoisotopic (exact) mass is 303 g/mol. The summed E-state index contributed by atoms with van der Waals surface area (Å²) in [6.07, 6.45) is 2.03. The average Bonchev–Trinajstić information content (AvgIpc) is 2.41. The van der Waals surface area contributed by atoms with Gasteiger partial charge >= 0.3 is 0 Å². The van der Waals surface area contributed by atoms with Crippen molar-refractivity contribution >= 4 is 17.4 Å². The summed E-state index contributed by atoms with van der Waals surface area (Å²) in [6.45, 7) is 2.06. The van der Waals surface area contributed by atoms with Crippen molar-refractivity contribution in [2.24, 2.45) is 0 Å². The highest BCUT2D eigenvalue weighted by atomic mass is 35.5. The fraction of sp³-hybridized carbons (Fsp3) is 0.333. The van der Waals surface area contributed by atoms with Crippen LogP contribution in [0.25, 0.3) is 0 Å². The molecule has 0 spiro atoms. The summed E-state index contributed by atoms with van der Waals surface area (Å²) in [5.41, 5.74) is 2.02. The zero-order valence-corrected chi connectivity index (χ0v) is 12.4. The van der Waals surface area contributed by atoms with Gasteiger partial charge in [0.2, 0.25) is 0 Å². The molecule has 0 aliphatic heterocycles. The number of carbonyl (C=O) groups excluding carboxylic acids is 1. The zero-order chi connectivity index (χ0) is 15.0. The fourth-order valence-electron chi connectivity index (χ4n) is 2.67. The lowest BCUT2D eigenvalue weighted by molar-refractivity contribution is 0.0970. The Labute approximate surface area is 126 Å². The van der Waals surface area contributed by atoms with E-state index in [-0.39, 0.29) is 17.9 Å². The first-order chi connectivity index (χ1) is 10.0. The smallest absolute Gasteiger partial charge is 0.251 e. The highest BCUT2D eigenvalue weighted by molar-refractivity contribution is 6.29. The molecule has 0 aromatic carbocycles. The summed E-state index contributed by atoms with van der Waals surface area (Å²) < 4.78 is 1.58. The molecule has 2 aromatic rings. The number of ketones is 1. The maximum absolute atomic E-state index is 12.1. The van der Waals surface area contributed by atoms with Crippen molar-refractivity contribution in [2.75, 3.05) is 0 Å². The Bertz CT molecular complexity index is 763. The third kappa shape index (κ3) is 2.74. The van der Waals surface area contributed by atoms with E-state index in [0.29, 0.717) is 23.0 Å². The van der Waals surface area contributed by atoms with Crippen LogP contribution in [0, 0.1) is 6.92 Å². The number of carbonyl (C=O) groups is 1. The van der Waals surface area contributed by atoms with Gasteiger partial charge in [-0.3, -0.25) is 9.59 Å². The molecule has 0 bridgehead atoms. The largest absolute Gasteiger partial charge is 0.304 e. The van der Waals surface area contributed by atoms with E-state index in [1.807, 2.05) is 6.92 Å². The molecule has 6 heteroatoms. The van der Waals surface area contributed by atoms with Gasteiger partial charge in [0.15, 0.2) is 5.78 Å². The van der Waals surface area contributed by atoms with Gasteiger partial charge in [0.05, 0.1) is 6.54 Å². The molecular weight excluding hydrogens is 290 g/mol. The lowest BCUT2D eigenvalue weighted by Gasteiger charge is -2.19. The van der Waals surface area contributed by atoms with Gasteiger partial charge in [-0.05, 0) is 31.9 Å². The fourth-order valence-corrected chi connectivity index (χ4v) is 2.92. The third-order valence-electron chi connectivity index (χ3n) is 3.58. The van der Waals surface area contributed by atoms with Crippen LogP contribution >= 0.6 is 11.6 Å². The van der Waals surface area contributed by atoms with E-state index in [4.69, 9.17) is 11.6 Å². The summed E-state index contributed by atoms with van der Waals surface area (Å²) in [6, 6.07) is 4.72. The standard InChI is InChI=1S/C15H14ClN3O2/c1-9-7-13(16)18-14(17-9)8-19-11-3-2-4-12(20)10(11)5-6-15(19)21/h5-7H,2-4,8H2,1H3. The zero-order valence-electron chi connectivity index (χ0n) is 11.6. The summed E-state index contributed by atoms with van der Waals surface area (Å²) in [5.74, 6) is 0.571. The highest BCUT2D eigenvalue weighted by Gasteiger charge is 2.21. The molecule has 0 saturated heterocycles. The van der Waals surface area contributed by atoms with Crippen molar-refractivity contribution in [3.63, 3.8) is 0 Å². The molecule has 2 heterocycles. The molecule has 0 amide bonds. The molecule has 1 aliphatic rings. The van der Waals surface area contributed by atoms with Crippen molar-refractivity contribution in [3.8, 4) is 0 Å². The third-order valence-corrected chi connectivity index (χ3v) is 3.78. The van der Waals surface area contributed by atoms with E-state index in [1.54, 1.807) is 16.7 Å². The van der Waals surface area contributed by atoms with E-state index in [9.17, 15) is 9.59 Å². The minimum Gasteiger partial charge on any atom is -0.304 e. The van der Waals surface area contributed by atoms with Crippen LogP contribution in [0.15, 0.2) is 23.0 Å². The predicted molar refractivity (Wildman–Crippen MR) is 78.9 cm³/mol. The summed E-state index contributed by atoms with van der Waals surface area (Å²) in [4.78, 5) is 32.5. The Kier molecular flexibility index (Phi) is 3.59. The molecule has 0 unspecified atom stereocenters. The van der Waals surface area contributed by atoms with Crippen LogP contribution in [0.2, 0.25) is 5.15 Å². The van der Waals surface area contributed by atoms with Gasteiger partial charge in [0.1, 0.15) is 11.0 Å². The van der Waals surface area contributed by atoms with E-state index in [1.165, 1.54) is 6.07 Å². The second kappa shape index (κ2) is 5.41. The van der Waals surface area contributed by atoms with Gasteiger partial charge in [0, 0.05) is 29.4 Å². The molecule has 21 heavy (non-hydrogen) atoms. The summed E-state index contributed by atoms with van der Waals surface area (Å²) >= 11 is 5.93. The maximum Gasteiger partial charge on any atom is 0.251 e. The Morgan fingerprint density at radius 1 is 1.24 bits per heavy atom. The molecule has 0 radical (unpaired) electrons.